The molecule has 88 valence electrons. The third kappa shape index (κ3) is 3.84. The van der Waals surface area contributed by atoms with Crippen LogP contribution in [0.1, 0.15) is 10.5 Å². The topological polar surface area (TPSA) is 87.4 Å². The minimum absolute atomic E-state index is 0.00882. The van der Waals surface area contributed by atoms with Gasteiger partial charge < -0.3 is 15.5 Å². The molecule has 16 heavy (non-hydrogen) atoms. The van der Waals surface area contributed by atoms with Gasteiger partial charge in [-0.1, -0.05) is 12.2 Å². The number of allylic oxidation sites excluding steroid dienone is 1. The minimum Gasteiger partial charge on any atom is -0.395 e. The Kier molecular flexibility index (Phi) is 5.24. The van der Waals surface area contributed by atoms with Gasteiger partial charge in [0.25, 0.3) is 5.91 Å². The van der Waals surface area contributed by atoms with E-state index in [0.29, 0.717) is 12.2 Å². The SMILES string of the molecule is O=C(NCCO)c1ccn(CC=CCO)n1. The second-order valence-corrected chi connectivity index (χ2v) is 3.06. The monoisotopic (exact) mass is 225 g/mol. The highest BCUT2D eigenvalue weighted by molar-refractivity contribution is 5.92. The molecule has 0 unspecified atom stereocenters. The number of aliphatic hydroxyl groups excluding tert-OH is 2. The molecule has 0 bridgehead atoms. The molecule has 0 aliphatic heterocycles. The van der Waals surface area contributed by atoms with Crippen LogP contribution >= 0.6 is 0 Å². The van der Waals surface area contributed by atoms with E-state index in [9.17, 15) is 4.79 Å². The summed E-state index contributed by atoms with van der Waals surface area (Å²) in [5.41, 5.74) is 0.311. The number of hydrogen-bond acceptors (Lipinski definition) is 4. The van der Waals surface area contributed by atoms with Crippen molar-refractivity contribution < 1.29 is 15.0 Å². The standard InChI is InChI=1S/C10H15N3O3/c14-7-2-1-5-13-6-3-9(12-13)10(16)11-4-8-15/h1-3,6,14-15H,4-5,7-8H2,(H,11,16). The molecule has 1 aromatic heterocycles. The third-order valence-corrected chi connectivity index (χ3v) is 1.84. The summed E-state index contributed by atoms with van der Waals surface area (Å²) in [4.78, 5) is 11.4. The van der Waals surface area contributed by atoms with Gasteiger partial charge in [-0.2, -0.15) is 5.10 Å². The average molecular weight is 225 g/mol. The molecule has 1 amide bonds. The predicted molar refractivity (Wildman–Crippen MR) is 57.9 cm³/mol. The Labute approximate surface area is 93.2 Å². The summed E-state index contributed by atoms with van der Waals surface area (Å²) >= 11 is 0. The van der Waals surface area contributed by atoms with Crippen LogP contribution in [0.25, 0.3) is 0 Å². The van der Waals surface area contributed by atoms with E-state index in [1.54, 1.807) is 29.1 Å². The zero-order chi connectivity index (χ0) is 11.8. The van der Waals surface area contributed by atoms with Crippen LogP contribution in [0, 0.1) is 0 Å². The largest absolute Gasteiger partial charge is 0.395 e. The Bertz CT molecular complexity index is 360. The molecule has 6 heteroatoms. The van der Waals surface area contributed by atoms with Gasteiger partial charge in [0.1, 0.15) is 5.69 Å². The fraction of sp³-hybridized carbons (Fsp3) is 0.400. The quantitative estimate of drug-likeness (QED) is 0.550. The van der Waals surface area contributed by atoms with Gasteiger partial charge in [0.2, 0.25) is 0 Å². The van der Waals surface area contributed by atoms with Gasteiger partial charge >= 0.3 is 0 Å². The van der Waals surface area contributed by atoms with E-state index in [0.717, 1.165) is 0 Å². The molecule has 1 heterocycles. The Morgan fingerprint density at radius 3 is 3.00 bits per heavy atom. The van der Waals surface area contributed by atoms with Gasteiger partial charge in [-0.3, -0.25) is 9.48 Å². The molecule has 6 nitrogen and oxygen atoms in total. The maximum absolute atomic E-state index is 11.4. The molecular formula is C10H15N3O3. The molecule has 1 rings (SSSR count). The van der Waals surface area contributed by atoms with Crippen molar-refractivity contribution in [3.8, 4) is 0 Å². The zero-order valence-corrected chi connectivity index (χ0v) is 8.83. The number of amides is 1. The normalized spacial score (nSPS) is 10.9. The summed E-state index contributed by atoms with van der Waals surface area (Å²) in [5, 5.41) is 23.6. The van der Waals surface area contributed by atoms with Crippen LogP contribution in [0.3, 0.4) is 0 Å². The number of aliphatic hydroxyl groups is 2. The first-order valence-electron chi connectivity index (χ1n) is 4.96. The van der Waals surface area contributed by atoms with Crippen molar-refractivity contribution >= 4 is 5.91 Å². The summed E-state index contributed by atoms with van der Waals surface area (Å²) in [6.07, 6.45) is 5.03. The molecule has 0 fully saturated rings. The highest BCUT2D eigenvalue weighted by Crippen LogP contribution is 1.95. The number of nitrogens with zero attached hydrogens (tertiary/aromatic N) is 2. The van der Waals surface area contributed by atoms with Gasteiger partial charge in [-0.15, -0.1) is 0 Å². The van der Waals surface area contributed by atoms with E-state index < -0.39 is 0 Å². The van der Waals surface area contributed by atoms with Crippen LogP contribution < -0.4 is 5.32 Å². The van der Waals surface area contributed by atoms with Crippen LogP contribution in [-0.2, 0) is 6.54 Å². The lowest BCUT2D eigenvalue weighted by Crippen LogP contribution is -2.26. The first-order chi connectivity index (χ1) is 7.77. The van der Waals surface area contributed by atoms with Crippen molar-refractivity contribution in [1.29, 1.82) is 0 Å². The number of aromatic nitrogens is 2. The van der Waals surface area contributed by atoms with Gasteiger partial charge in [0.15, 0.2) is 0 Å². The van der Waals surface area contributed by atoms with Gasteiger partial charge in [0.05, 0.1) is 19.8 Å². The molecule has 0 spiro atoms. The number of carbonyl (C=O) groups excluding carboxylic acids is 1. The van der Waals surface area contributed by atoms with Crippen molar-refractivity contribution in [2.45, 2.75) is 6.54 Å². The van der Waals surface area contributed by atoms with Crippen LogP contribution in [0.4, 0.5) is 0 Å². The number of rotatable bonds is 6. The minimum atomic E-state index is -0.307. The molecular weight excluding hydrogens is 210 g/mol. The summed E-state index contributed by atoms with van der Waals surface area (Å²) in [6, 6.07) is 1.60. The van der Waals surface area contributed by atoms with Crippen LogP contribution in [0.15, 0.2) is 24.4 Å². The van der Waals surface area contributed by atoms with E-state index in [1.165, 1.54) is 0 Å². The van der Waals surface area contributed by atoms with Crippen molar-refractivity contribution in [2.24, 2.45) is 0 Å². The highest BCUT2D eigenvalue weighted by atomic mass is 16.3. The van der Waals surface area contributed by atoms with Gasteiger partial charge in [0, 0.05) is 12.7 Å². The van der Waals surface area contributed by atoms with Crippen LogP contribution in [-0.4, -0.2) is 45.7 Å². The second-order valence-electron chi connectivity index (χ2n) is 3.06. The number of nitrogens with one attached hydrogen (secondary N) is 1. The Morgan fingerprint density at radius 2 is 2.31 bits per heavy atom. The fourth-order valence-electron chi connectivity index (χ4n) is 1.10. The molecule has 0 aromatic carbocycles. The molecule has 0 aliphatic carbocycles. The smallest absolute Gasteiger partial charge is 0.271 e. The maximum Gasteiger partial charge on any atom is 0.271 e. The molecule has 0 saturated carbocycles. The number of hydrogen-bond donors (Lipinski definition) is 3. The predicted octanol–water partition coefficient (Wildman–Crippen LogP) is -0.846. The molecule has 0 saturated heterocycles. The van der Waals surface area contributed by atoms with E-state index in [1.807, 2.05) is 0 Å². The van der Waals surface area contributed by atoms with E-state index in [-0.39, 0.29) is 25.7 Å². The summed E-state index contributed by atoms with van der Waals surface area (Å²) in [6.45, 7) is 0.626. The molecule has 0 radical (unpaired) electrons. The van der Waals surface area contributed by atoms with Crippen LogP contribution in [0.2, 0.25) is 0 Å². The first-order valence-corrected chi connectivity index (χ1v) is 4.96. The third-order valence-electron chi connectivity index (χ3n) is 1.84. The molecule has 1 aromatic rings. The zero-order valence-electron chi connectivity index (χ0n) is 8.83. The highest BCUT2D eigenvalue weighted by Gasteiger charge is 2.07. The van der Waals surface area contributed by atoms with Gasteiger partial charge in [-0.25, -0.2) is 0 Å². The molecule has 3 N–H and O–H groups in total. The van der Waals surface area contributed by atoms with Gasteiger partial charge in [-0.05, 0) is 6.07 Å². The lowest BCUT2D eigenvalue weighted by molar-refractivity contribution is 0.0939. The first kappa shape index (κ1) is 12.4. The van der Waals surface area contributed by atoms with Crippen molar-refractivity contribution in [3.63, 3.8) is 0 Å². The Hall–Kier alpha value is -1.66. The van der Waals surface area contributed by atoms with Crippen molar-refractivity contribution in [3.05, 3.63) is 30.1 Å². The van der Waals surface area contributed by atoms with E-state index >= 15 is 0 Å². The maximum atomic E-state index is 11.4. The van der Waals surface area contributed by atoms with E-state index in [2.05, 4.69) is 10.4 Å². The number of carbonyl (C=O) groups is 1. The average Bonchev–Trinajstić information content (AvgIpc) is 2.75. The van der Waals surface area contributed by atoms with E-state index in [4.69, 9.17) is 10.2 Å². The Balaban J connectivity index is 2.50. The summed E-state index contributed by atoms with van der Waals surface area (Å²) < 4.78 is 1.58. The molecule has 0 aliphatic rings. The second kappa shape index (κ2) is 6.76. The lowest BCUT2D eigenvalue weighted by atomic mass is 10.4. The van der Waals surface area contributed by atoms with Crippen molar-refractivity contribution in [1.82, 2.24) is 15.1 Å². The lowest BCUT2D eigenvalue weighted by Gasteiger charge is -1.99. The fourth-order valence-corrected chi connectivity index (χ4v) is 1.10. The van der Waals surface area contributed by atoms with Crippen molar-refractivity contribution in [2.75, 3.05) is 19.8 Å². The molecule has 0 atom stereocenters. The summed E-state index contributed by atoms with van der Waals surface area (Å²) in [7, 11) is 0. The summed E-state index contributed by atoms with van der Waals surface area (Å²) in [5.74, 6) is -0.307. The Morgan fingerprint density at radius 1 is 1.50 bits per heavy atom. The van der Waals surface area contributed by atoms with Crippen LogP contribution in [0.5, 0.6) is 0 Å².